The highest BCUT2D eigenvalue weighted by Crippen LogP contribution is 2.44. The fourth-order valence-corrected chi connectivity index (χ4v) is 5.76. The Balaban J connectivity index is 1.52. The zero-order chi connectivity index (χ0) is 17.1. The summed E-state index contributed by atoms with van der Waals surface area (Å²) in [5.74, 6) is 2.13. The van der Waals surface area contributed by atoms with E-state index < -0.39 is 0 Å². The van der Waals surface area contributed by atoms with Crippen LogP contribution in [0.1, 0.15) is 45.9 Å². The van der Waals surface area contributed by atoms with Crippen molar-refractivity contribution in [3.05, 3.63) is 38.2 Å². The Labute approximate surface area is 157 Å². The summed E-state index contributed by atoms with van der Waals surface area (Å²) >= 11 is 5.32. The molecule has 0 saturated heterocycles. The molecule has 0 spiro atoms. The molecule has 3 aliphatic rings. The highest BCUT2D eigenvalue weighted by atomic mass is 79.9. The number of halogens is 1. The third-order valence-electron chi connectivity index (χ3n) is 5.09. The summed E-state index contributed by atoms with van der Waals surface area (Å²) in [7, 11) is 0. The van der Waals surface area contributed by atoms with Crippen LogP contribution in [0.4, 0.5) is 5.00 Å². The molecule has 1 aliphatic carbocycles. The van der Waals surface area contributed by atoms with E-state index >= 15 is 0 Å². The molecule has 2 unspecified atom stereocenters. The molecule has 0 bridgehead atoms. The van der Waals surface area contributed by atoms with E-state index in [0.717, 1.165) is 45.6 Å². The Bertz CT molecular complexity index is 895. The van der Waals surface area contributed by atoms with Crippen molar-refractivity contribution >= 4 is 38.2 Å². The molecular formula is C18H17BrN2O3S. The highest BCUT2D eigenvalue weighted by Gasteiger charge is 2.34. The van der Waals surface area contributed by atoms with Gasteiger partial charge >= 0.3 is 0 Å². The molecule has 0 saturated carbocycles. The second-order valence-corrected chi connectivity index (χ2v) is 8.79. The van der Waals surface area contributed by atoms with Gasteiger partial charge in [-0.25, -0.2) is 0 Å². The molecule has 7 heteroatoms. The molecule has 1 amide bonds. The molecule has 25 heavy (non-hydrogen) atoms. The minimum atomic E-state index is -0.290. The van der Waals surface area contributed by atoms with Gasteiger partial charge in [0.25, 0.3) is 5.91 Å². The number of ether oxygens (including phenoxy) is 2. The molecule has 0 fully saturated rings. The molecule has 2 N–H and O–H groups in total. The van der Waals surface area contributed by atoms with Gasteiger partial charge in [0.2, 0.25) is 6.79 Å². The van der Waals surface area contributed by atoms with E-state index in [-0.39, 0.29) is 18.9 Å². The van der Waals surface area contributed by atoms with Gasteiger partial charge in [0.1, 0.15) is 11.2 Å². The number of carbonyl (C=O) groups excluding carboxylic acids is 1. The second-order valence-electron chi connectivity index (χ2n) is 6.83. The molecule has 0 radical (unpaired) electrons. The van der Waals surface area contributed by atoms with Crippen LogP contribution in [0.5, 0.6) is 11.5 Å². The van der Waals surface area contributed by atoms with Crippen molar-refractivity contribution in [3.8, 4) is 11.5 Å². The maximum absolute atomic E-state index is 12.8. The first-order chi connectivity index (χ1) is 12.1. The van der Waals surface area contributed by atoms with Crippen LogP contribution in [0.15, 0.2) is 16.6 Å². The predicted molar refractivity (Wildman–Crippen MR) is 99.6 cm³/mol. The first-order valence-electron chi connectivity index (χ1n) is 8.41. The van der Waals surface area contributed by atoms with Gasteiger partial charge < -0.3 is 20.1 Å². The summed E-state index contributed by atoms with van der Waals surface area (Å²) < 4.78 is 11.8. The third kappa shape index (κ3) is 2.44. The van der Waals surface area contributed by atoms with Crippen LogP contribution in [-0.4, -0.2) is 12.7 Å². The number of hydrogen-bond donors (Lipinski definition) is 2. The van der Waals surface area contributed by atoms with Crippen LogP contribution in [-0.2, 0) is 12.8 Å². The lowest BCUT2D eigenvalue weighted by Gasteiger charge is -2.27. The number of thiophene rings is 1. The van der Waals surface area contributed by atoms with Gasteiger partial charge in [0.15, 0.2) is 11.5 Å². The molecule has 5 nitrogen and oxygen atoms in total. The third-order valence-corrected chi connectivity index (χ3v) is 6.96. The lowest BCUT2D eigenvalue weighted by molar-refractivity contribution is 0.0935. The van der Waals surface area contributed by atoms with Crippen LogP contribution in [0, 0.1) is 5.92 Å². The standard InChI is InChI=1S/C18H17BrN2O3S/c1-8-2-3-9-14(4-8)25-18-15(9)17(22)20-16(21-18)10-5-12-13(6-11(10)19)24-7-23-12/h5-6,8,16,21H,2-4,7H2,1H3,(H,20,22). The molecule has 2 aliphatic heterocycles. The molecular weight excluding hydrogens is 404 g/mol. The average molecular weight is 421 g/mol. The smallest absolute Gasteiger partial charge is 0.256 e. The van der Waals surface area contributed by atoms with Crippen molar-refractivity contribution in [1.82, 2.24) is 5.32 Å². The van der Waals surface area contributed by atoms with E-state index in [1.807, 2.05) is 12.1 Å². The van der Waals surface area contributed by atoms with Crippen molar-refractivity contribution in [2.24, 2.45) is 5.92 Å². The van der Waals surface area contributed by atoms with Gasteiger partial charge in [-0.15, -0.1) is 11.3 Å². The molecule has 3 heterocycles. The Kier molecular flexibility index (Phi) is 3.50. The molecule has 2 aromatic rings. The van der Waals surface area contributed by atoms with E-state index in [0.29, 0.717) is 11.7 Å². The van der Waals surface area contributed by atoms with Crippen molar-refractivity contribution in [2.75, 3.05) is 12.1 Å². The van der Waals surface area contributed by atoms with Gasteiger partial charge in [0.05, 0.1) is 5.56 Å². The summed E-state index contributed by atoms with van der Waals surface area (Å²) in [6.07, 6.45) is 2.93. The van der Waals surface area contributed by atoms with Gasteiger partial charge in [0, 0.05) is 14.9 Å². The zero-order valence-electron chi connectivity index (χ0n) is 13.6. The summed E-state index contributed by atoms with van der Waals surface area (Å²) in [6.45, 7) is 2.51. The van der Waals surface area contributed by atoms with Crippen LogP contribution >= 0.6 is 27.3 Å². The summed E-state index contributed by atoms with van der Waals surface area (Å²) in [6, 6.07) is 3.81. The van der Waals surface area contributed by atoms with Gasteiger partial charge in [-0.2, -0.15) is 0 Å². The van der Waals surface area contributed by atoms with Gasteiger partial charge in [-0.05, 0) is 42.9 Å². The molecule has 1 aromatic carbocycles. The fraction of sp³-hybridized carbons (Fsp3) is 0.389. The Morgan fingerprint density at radius 3 is 2.88 bits per heavy atom. The lowest BCUT2D eigenvalue weighted by atomic mass is 9.88. The lowest BCUT2D eigenvalue weighted by Crippen LogP contribution is -2.38. The summed E-state index contributed by atoms with van der Waals surface area (Å²) in [5, 5.41) is 7.59. The Hall–Kier alpha value is -1.73. The normalized spacial score (nSPS) is 23.5. The van der Waals surface area contributed by atoms with Crippen molar-refractivity contribution in [3.63, 3.8) is 0 Å². The first kappa shape index (κ1) is 15.5. The zero-order valence-corrected chi connectivity index (χ0v) is 16.1. The van der Waals surface area contributed by atoms with Crippen molar-refractivity contribution in [1.29, 1.82) is 0 Å². The summed E-state index contributed by atoms with van der Waals surface area (Å²) in [5.41, 5.74) is 3.02. The van der Waals surface area contributed by atoms with E-state index in [1.54, 1.807) is 11.3 Å². The maximum atomic E-state index is 12.8. The largest absolute Gasteiger partial charge is 0.454 e. The second kappa shape index (κ2) is 5.64. The minimum absolute atomic E-state index is 0.00960. The van der Waals surface area contributed by atoms with Crippen molar-refractivity contribution in [2.45, 2.75) is 32.4 Å². The molecule has 5 rings (SSSR count). The van der Waals surface area contributed by atoms with Gasteiger partial charge in [-0.1, -0.05) is 22.9 Å². The van der Waals surface area contributed by atoms with E-state index in [2.05, 4.69) is 33.5 Å². The topological polar surface area (TPSA) is 59.6 Å². The SMILES string of the molecule is CC1CCc2c(sc3c2C(=O)NC(c2cc4c(cc2Br)OCO4)N3)C1. The monoisotopic (exact) mass is 420 g/mol. The molecule has 2 atom stereocenters. The highest BCUT2D eigenvalue weighted by molar-refractivity contribution is 9.10. The van der Waals surface area contributed by atoms with Crippen molar-refractivity contribution < 1.29 is 14.3 Å². The van der Waals surface area contributed by atoms with Crippen LogP contribution in [0.3, 0.4) is 0 Å². The number of amides is 1. The summed E-state index contributed by atoms with van der Waals surface area (Å²) in [4.78, 5) is 14.2. The number of rotatable bonds is 1. The first-order valence-corrected chi connectivity index (χ1v) is 10.0. The van der Waals surface area contributed by atoms with E-state index in [4.69, 9.17) is 9.47 Å². The number of fused-ring (bicyclic) bond motifs is 4. The van der Waals surface area contributed by atoms with Crippen LogP contribution < -0.4 is 20.1 Å². The number of carbonyl (C=O) groups is 1. The number of nitrogens with one attached hydrogen (secondary N) is 2. The predicted octanol–water partition coefficient (Wildman–Crippen LogP) is 4.22. The number of benzene rings is 1. The number of hydrogen-bond acceptors (Lipinski definition) is 5. The number of anilines is 1. The fourth-order valence-electron chi connectivity index (χ4n) is 3.77. The average Bonchev–Trinajstić information content (AvgIpc) is 3.16. The van der Waals surface area contributed by atoms with Gasteiger partial charge in [-0.3, -0.25) is 4.79 Å². The maximum Gasteiger partial charge on any atom is 0.256 e. The van der Waals surface area contributed by atoms with E-state index in [9.17, 15) is 4.79 Å². The Morgan fingerprint density at radius 1 is 1.24 bits per heavy atom. The Morgan fingerprint density at radius 2 is 2.04 bits per heavy atom. The molecule has 130 valence electrons. The van der Waals surface area contributed by atoms with Crippen LogP contribution in [0.2, 0.25) is 0 Å². The minimum Gasteiger partial charge on any atom is -0.454 e. The molecule has 1 aromatic heterocycles. The van der Waals surface area contributed by atoms with Crippen LogP contribution in [0.25, 0.3) is 0 Å². The van der Waals surface area contributed by atoms with E-state index in [1.165, 1.54) is 10.4 Å². The quantitative estimate of drug-likeness (QED) is 0.724.